The summed E-state index contributed by atoms with van der Waals surface area (Å²) in [5.74, 6) is -1.39. The van der Waals surface area contributed by atoms with Crippen LogP contribution in [-0.2, 0) is 14.3 Å². The minimum absolute atomic E-state index is 0.0327. The summed E-state index contributed by atoms with van der Waals surface area (Å²) in [6.45, 7) is 0.340. The maximum atomic E-state index is 13.3. The smallest absolute Gasteiger partial charge is 0.311 e. The molecule has 1 aliphatic rings. The van der Waals surface area contributed by atoms with Crippen LogP contribution in [0.15, 0.2) is 24.3 Å². The Hall–Kier alpha value is -1.62. The molecular weight excluding hydrogens is 335 g/mol. The Morgan fingerprint density at radius 1 is 1.12 bits per heavy atom. The Kier molecular flexibility index (Phi) is 7.50. The first-order valence-electron chi connectivity index (χ1n) is 8.31. The SMILES string of the molecule is O=C(CCCC(=O)Oc1ccccc1F)OCC1CCCCC1Cl. The van der Waals surface area contributed by atoms with Crippen LogP contribution in [0.3, 0.4) is 0 Å². The summed E-state index contributed by atoms with van der Waals surface area (Å²) in [7, 11) is 0. The number of esters is 2. The third kappa shape index (κ3) is 6.11. The van der Waals surface area contributed by atoms with Crippen LogP contribution < -0.4 is 4.74 Å². The van der Waals surface area contributed by atoms with Crippen molar-refractivity contribution in [2.24, 2.45) is 5.92 Å². The van der Waals surface area contributed by atoms with Gasteiger partial charge in [0.2, 0.25) is 0 Å². The van der Waals surface area contributed by atoms with Crippen molar-refractivity contribution < 1.29 is 23.5 Å². The van der Waals surface area contributed by atoms with Crippen LogP contribution in [0.5, 0.6) is 5.75 Å². The van der Waals surface area contributed by atoms with E-state index in [1.165, 1.54) is 18.2 Å². The summed E-state index contributed by atoms with van der Waals surface area (Å²) in [4.78, 5) is 23.3. The predicted octanol–water partition coefficient (Wildman–Crippen LogP) is 4.24. The summed E-state index contributed by atoms with van der Waals surface area (Å²) in [6, 6.07) is 5.70. The standard InChI is InChI=1S/C18H22ClFO4/c19-14-7-2-1-6-13(14)12-23-17(21)10-5-11-18(22)24-16-9-4-3-8-15(16)20/h3-4,8-9,13-14H,1-2,5-7,10-12H2. The highest BCUT2D eigenvalue weighted by atomic mass is 35.5. The van der Waals surface area contributed by atoms with Crippen molar-refractivity contribution >= 4 is 23.5 Å². The quantitative estimate of drug-likeness (QED) is 0.416. The van der Waals surface area contributed by atoms with Gasteiger partial charge in [0.15, 0.2) is 11.6 Å². The lowest BCUT2D eigenvalue weighted by molar-refractivity contribution is -0.145. The molecule has 0 amide bonds. The van der Waals surface area contributed by atoms with Gasteiger partial charge in [-0.15, -0.1) is 11.6 Å². The van der Waals surface area contributed by atoms with Gasteiger partial charge in [0, 0.05) is 24.1 Å². The van der Waals surface area contributed by atoms with E-state index in [0.717, 1.165) is 25.7 Å². The number of rotatable bonds is 7. The van der Waals surface area contributed by atoms with Crippen molar-refractivity contribution in [1.29, 1.82) is 0 Å². The molecule has 4 nitrogen and oxygen atoms in total. The van der Waals surface area contributed by atoms with Gasteiger partial charge in [0.25, 0.3) is 0 Å². The molecule has 0 N–H and O–H groups in total. The van der Waals surface area contributed by atoms with Crippen molar-refractivity contribution in [3.05, 3.63) is 30.1 Å². The zero-order valence-corrected chi connectivity index (χ0v) is 14.3. The molecule has 0 spiro atoms. The fourth-order valence-electron chi connectivity index (χ4n) is 2.70. The molecule has 1 aliphatic carbocycles. The molecule has 0 bridgehead atoms. The van der Waals surface area contributed by atoms with E-state index in [1.54, 1.807) is 6.07 Å². The summed E-state index contributed by atoms with van der Waals surface area (Å²) in [6.07, 6.45) is 4.66. The number of carbonyl (C=O) groups is 2. The lowest BCUT2D eigenvalue weighted by Crippen LogP contribution is -2.25. The summed E-state index contributed by atoms with van der Waals surface area (Å²) in [5, 5.41) is 0.0716. The Morgan fingerprint density at radius 2 is 1.83 bits per heavy atom. The first-order chi connectivity index (χ1) is 11.6. The fraction of sp³-hybridized carbons (Fsp3) is 0.556. The van der Waals surface area contributed by atoms with Crippen LogP contribution in [0.25, 0.3) is 0 Å². The second-order valence-electron chi connectivity index (χ2n) is 6.00. The van der Waals surface area contributed by atoms with Gasteiger partial charge in [-0.25, -0.2) is 4.39 Å². The molecule has 6 heteroatoms. The molecule has 0 aliphatic heterocycles. The molecule has 132 valence electrons. The molecule has 0 aromatic heterocycles. The molecule has 1 saturated carbocycles. The topological polar surface area (TPSA) is 52.6 Å². The van der Waals surface area contributed by atoms with Crippen molar-refractivity contribution in [1.82, 2.24) is 0 Å². The van der Waals surface area contributed by atoms with Crippen molar-refractivity contribution in [2.75, 3.05) is 6.61 Å². The highest BCUT2D eigenvalue weighted by molar-refractivity contribution is 6.20. The molecular formula is C18H22ClFO4. The van der Waals surface area contributed by atoms with E-state index in [9.17, 15) is 14.0 Å². The molecule has 1 aromatic rings. The second-order valence-corrected chi connectivity index (χ2v) is 6.56. The Bertz CT molecular complexity index is 564. The zero-order valence-electron chi connectivity index (χ0n) is 13.5. The van der Waals surface area contributed by atoms with E-state index in [0.29, 0.717) is 13.0 Å². The number of benzene rings is 1. The maximum absolute atomic E-state index is 13.3. The van der Waals surface area contributed by atoms with Crippen LogP contribution >= 0.6 is 11.6 Å². The lowest BCUT2D eigenvalue weighted by Gasteiger charge is -2.26. The maximum Gasteiger partial charge on any atom is 0.311 e. The molecule has 1 fully saturated rings. The van der Waals surface area contributed by atoms with Gasteiger partial charge in [-0.1, -0.05) is 25.0 Å². The van der Waals surface area contributed by atoms with E-state index in [1.807, 2.05) is 0 Å². The van der Waals surface area contributed by atoms with E-state index in [4.69, 9.17) is 21.1 Å². The van der Waals surface area contributed by atoms with Crippen LogP contribution in [0, 0.1) is 11.7 Å². The largest absolute Gasteiger partial charge is 0.465 e. The van der Waals surface area contributed by atoms with Gasteiger partial charge in [-0.2, -0.15) is 0 Å². The highest BCUT2D eigenvalue weighted by Crippen LogP contribution is 2.28. The third-order valence-corrected chi connectivity index (χ3v) is 4.67. The van der Waals surface area contributed by atoms with Crippen molar-refractivity contribution in [3.8, 4) is 5.75 Å². The first-order valence-corrected chi connectivity index (χ1v) is 8.75. The normalized spacial score (nSPS) is 20.4. The third-order valence-electron chi connectivity index (χ3n) is 4.10. The monoisotopic (exact) mass is 356 g/mol. The van der Waals surface area contributed by atoms with Crippen LogP contribution in [-0.4, -0.2) is 23.9 Å². The van der Waals surface area contributed by atoms with Gasteiger partial charge < -0.3 is 9.47 Å². The van der Waals surface area contributed by atoms with Gasteiger partial charge in [-0.3, -0.25) is 9.59 Å². The Labute approximate surface area is 146 Å². The molecule has 2 unspecified atom stereocenters. The number of para-hydroxylation sites is 1. The number of hydrogen-bond acceptors (Lipinski definition) is 4. The van der Waals surface area contributed by atoms with Crippen LogP contribution in [0.2, 0.25) is 0 Å². The molecule has 1 aromatic carbocycles. The van der Waals surface area contributed by atoms with E-state index >= 15 is 0 Å². The second kappa shape index (κ2) is 9.62. The summed E-state index contributed by atoms with van der Waals surface area (Å²) < 4.78 is 23.5. The fourth-order valence-corrected chi connectivity index (χ4v) is 3.05. The minimum Gasteiger partial charge on any atom is -0.465 e. The average Bonchev–Trinajstić information content (AvgIpc) is 2.56. The zero-order chi connectivity index (χ0) is 17.4. The molecule has 0 radical (unpaired) electrons. The Balaban J connectivity index is 1.61. The van der Waals surface area contributed by atoms with Gasteiger partial charge >= 0.3 is 11.9 Å². The molecule has 0 heterocycles. The van der Waals surface area contributed by atoms with Gasteiger partial charge in [0.1, 0.15) is 0 Å². The van der Waals surface area contributed by atoms with Crippen LogP contribution in [0.4, 0.5) is 4.39 Å². The van der Waals surface area contributed by atoms with E-state index in [-0.39, 0.29) is 35.9 Å². The van der Waals surface area contributed by atoms with Gasteiger partial charge in [0.05, 0.1) is 6.61 Å². The molecule has 0 saturated heterocycles. The molecule has 24 heavy (non-hydrogen) atoms. The van der Waals surface area contributed by atoms with Gasteiger partial charge in [-0.05, 0) is 31.4 Å². The van der Waals surface area contributed by atoms with E-state index < -0.39 is 11.8 Å². The highest BCUT2D eigenvalue weighted by Gasteiger charge is 2.24. The minimum atomic E-state index is -0.589. The number of alkyl halides is 1. The molecule has 2 rings (SSSR count). The number of ether oxygens (including phenoxy) is 2. The summed E-state index contributed by atoms with van der Waals surface area (Å²) >= 11 is 6.22. The average molecular weight is 357 g/mol. The Morgan fingerprint density at radius 3 is 2.58 bits per heavy atom. The van der Waals surface area contributed by atoms with E-state index in [2.05, 4.69) is 0 Å². The van der Waals surface area contributed by atoms with Crippen molar-refractivity contribution in [2.45, 2.75) is 50.3 Å². The number of carbonyl (C=O) groups excluding carboxylic acids is 2. The first kappa shape index (κ1) is 18.7. The number of halogens is 2. The lowest BCUT2D eigenvalue weighted by atomic mass is 9.89. The molecule has 2 atom stereocenters. The summed E-state index contributed by atoms with van der Waals surface area (Å²) in [5.41, 5.74) is 0. The number of hydrogen-bond donors (Lipinski definition) is 0. The van der Waals surface area contributed by atoms with Crippen LogP contribution in [0.1, 0.15) is 44.9 Å². The predicted molar refractivity (Wildman–Crippen MR) is 88.4 cm³/mol. The van der Waals surface area contributed by atoms with Crippen molar-refractivity contribution in [3.63, 3.8) is 0 Å².